The van der Waals surface area contributed by atoms with Crippen LogP contribution in [0.25, 0.3) is 33.4 Å². The summed E-state index contributed by atoms with van der Waals surface area (Å²) in [7, 11) is 0. The average Bonchev–Trinajstić information content (AvgIpc) is 2.94. The highest BCUT2D eigenvalue weighted by Crippen LogP contribution is 2.32. The SMILES string of the molecule is Cc1ccnc(-c2nnc(Nc3ccc(Oc4ncccc4-c4ccnc(N)n4)nc3)c3ccccc23)c1. The van der Waals surface area contributed by atoms with Crippen molar-refractivity contribution in [2.45, 2.75) is 6.92 Å². The number of ether oxygens (including phenoxy) is 1. The van der Waals surface area contributed by atoms with Crippen molar-refractivity contribution in [3.63, 3.8) is 0 Å². The normalized spacial score (nSPS) is 10.9. The van der Waals surface area contributed by atoms with E-state index in [-0.39, 0.29) is 5.95 Å². The third-order valence-corrected chi connectivity index (χ3v) is 5.77. The van der Waals surface area contributed by atoms with E-state index in [1.165, 1.54) is 0 Å². The molecular weight excluding hydrogens is 478 g/mol. The lowest BCUT2D eigenvalue weighted by molar-refractivity contribution is 0.446. The second-order valence-electron chi connectivity index (χ2n) is 8.43. The molecule has 6 rings (SSSR count). The number of hydrogen-bond donors (Lipinski definition) is 2. The maximum atomic E-state index is 5.97. The number of rotatable bonds is 6. The molecule has 0 aliphatic carbocycles. The average molecular weight is 500 g/mol. The van der Waals surface area contributed by atoms with Crippen LogP contribution >= 0.6 is 0 Å². The number of nitrogens with zero attached hydrogens (tertiary/aromatic N) is 7. The molecule has 10 heteroatoms. The largest absolute Gasteiger partial charge is 0.420 e. The zero-order valence-corrected chi connectivity index (χ0v) is 20.3. The van der Waals surface area contributed by atoms with Crippen LogP contribution in [-0.4, -0.2) is 35.1 Å². The second-order valence-corrected chi connectivity index (χ2v) is 8.43. The van der Waals surface area contributed by atoms with Gasteiger partial charge in [0.15, 0.2) is 5.82 Å². The monoisotopic (exact) mass is 499 g/mol. The molecule has 6 aromatic rings. The van der Waals surface area contributed by atoms with Gasteiger partial charge in [-0.1, -0.05) is 24.3 Å². The second kappa shape index (κ2) is 9.86. The number of aromatic nitrogens is 7. The highest BCUT2D eigenvalue weighted by atomic mass is 16.5. The van der Waals surface area contributed by atoms with Gasteiger partial charge >= 0.3 is 0 Å². The van der Waals surface area contributed by atoms with Gasteiger partial charge in [-0.05, 0) is 48.9 Å². The van der Waals surface area contributed by atoms with Gasteiger partial charge in [0, 0.05) is 35.4 Å². The Morgan fingerprint density at radius 1 is 0.763 bits per heavy atom. The van der Waals surface area contributed by atoms with Crippen LogP contribution in [0.1, 0.15) is 5.56 Å². The number of anilines is 3. The van der Waals surface area contributed by atoms with Crippen LogP contribution in [0.15, 0.2) is 91.5 Å². The minimum absolute atomic E-state index is 0.171. The van der Waals surface area contributed by atoms with E-state index in [1.54, 1.807) is 43.0 Å². The summed E-state index contributed by atoms with van der Waals surface area (Å²) in [4.78, 5) is 21.5. The Labute approximate surface area is 217 Å². The van der Waals surface area contributed by atoms with E-state index in [0.29, 0.717) is 28.8 Å². The fraction of sp³-hybridized carbons (Fsp3) is 0.0357. The van der Waals surface area contributed by atoms with Crippen LogP contribution in [0, 0.1) is 6.92 Å². The van der Waals surface area contributed by atoms with E-state index in [1.807, 2.05) is 55.5 Å². The zero-order valence-electron chi connectivity index (χ0n) is 20.3. The standard InChI is InChI=1S/C28H21N9O/c1-17-10-13-30-23(15-17)25-19-5-2-3-6-20(19)26(37-36-25)34-18-8-9-24(33-16-18)38-27-21(7-4-12-31-27)22-11-14-32-28(29)35-22/h2-16H,1H3,(H,34,37)(H2,29,32,35). The fourth-order valence-electron chi connectivity index (χ4n) is 3.99. The van der Waals surface area contributed by atoms with Crippen LogP contribution in [-0.2, 0) is 0 Å². The van der Waals surface area contributed by atoms with Crippen molar-refractivity contribution in [3.05, 3.63) is 97.1 Å². The van der Waals surface area contributed by atoms with E-state index in [2.05, 4.69) is 40.4 Å². The zero-order chi connectivity index (χ0) is 25.9. The van der Waals surface area contributed by atoms with Crippen molar-refractivity contribution < 1.29 is 4.74 Å². The smallest absolute Gasteiger partial charge is 0.230 e. The molecule has 0 amide bonds. The Balaban J connectivity index is 1.26. The summed E-state index contributed by atoms with van der Waals surface area (Å²) in [5, 5.41) is 14.1. The van der Waals surface area contributed by atoms with Crippen molar-refractivity contribution in [1.29, 1.82) is 0 Å². The first-order chi connectivity index (χ1) is 18.6. The van der Waals surface area contributed by atoms with Crippen molar-refractivity contribution in [2.24, 2.45) is 0 Å². The summed E-state index contributed by atoms with van der Waals surface area (Å²) in [6.07, 6.45) is 6.66. The summed E-state index contributed by atoms with van der Waals surface area (Å²) in [6.45, 7) is 2.03. The highest BCUT2D eigenvalue weighted by molar-refractivity contribution is 6.00. The molecule has 0 spiro atoms. The molecule has 0 aliphatic rings. The molecule has 3 N–H and O–H groups in total. The van der Waals surface area contributed by atoms with E-state index in [0.717, 1.165) is 33.4 Å². The van der Waals surface area contributed by atoms with E-state index in [9.17, 15) is 0 Å². The topological polar surface area (TPSA) is 138 Å². The Bertz CT molecular complexity index is 1760. The summed E-state index contributed by atoms with van der Waals surface area (Å²) in [5.74, 6) is 1.51. The Kier molecular flexibility index (Phi) is 5.95. The van der Waals surface area contributed by atoms with Gasteiger partial charge in [-0.15, -0.1) is 10.2 Å². The van der Waals surface area contributed by atoms with Crippen LogP contribution in [0.2, 0.25) is 0 Å². The molecule has 0 bridgehead atoms. The van der Waals surface area contributed by atoms with Gasteiger partial charge in [-0.25, -0.2) is 19.9 Å². The summed E-state index contributed by atoms with van der Waals surface area (Å²) >= 11 is 0. The predicted molar refractivity (Wildman–Crippen MR) is 145 cm³/mol. The van der Waals surface area contributed by atoms with E-state index >= 15 is 0 Å². The lowest BCUT2D eigenvalue weighted by Crippen LogP contribution is -2.01. The molecule has 38 heavy (non-hydrogen) atoms. The fourth-order valence-corrected chi connectivity index (χ4v) is 3.99. The van der Waals surface area contributed by atoms with Gasteiger partial charge in [-0.2, -0.15) is 0 Å². The molecule has 1 aromatic carbocycles. The first-order valence-electron chi connectivity index (χ1n) is 11.8. The first-order valence-corrected chi connectivity index (χ1v) is 11.8. The van der Waals surface area contributed by atoms with Gasteiger partial charge in [-0.3, -0.25) is 4.98 Å². The van der Waals surface area contributed by atoms with Crippen LogP contribution in [0.5, 0.6) is 11.8 Å². The third-order valence-electron chi connectivity index (χ3n) is 5.77. The number of benzene rings is 1. The molecule has 184 valence electrons. The lowest BCUT2D eigenvalue weighted by atomic mass is 10.1. The van der Waals surface area contributed by atoms with Crippen LogP contribution < -0.4 is 15.8 Å². The van der Waals surface area contributed by atoms with E-state index in [4.69, 9.17) is 10.5 Å². The van der Waals surface area contributed by atoms with Gasteiger partial charge in [0.1, 0.15) is 5.69 Å². The first kappa shape index (κ1) is 22.9. The summed E-state index contributed by atoms with van der Waals surface area (Å²) in [5.41, 5.74) is 10.4. The quantitative estimate of drug-likeness (QED) is 0.308. The van der Waals surface area contributed by atoms with Gasteiger partial charge in [0.25, 0.3) is 0 Å². The number of nitrogen functional groups attached to an aromatic ring is 1. The molecule has 0 saturated carbocycles. The Morgan fingerprint density at radius 3 is 2.45 bits per heavy atom. The Morgan fingerprint density at radius 2 is 1.63 bits per heavy atom. The maximum absolute atomic E-state index is 5.97. The molecule has 0 atom stereocenters. The van der Waals surface area contributed by atoms with Crippen molar-refractivity contribution in [1.82, 2.24) is 35.1 Å². The summed E-state index contributed by atoms with van der Waals surface area (Å²) < 4.78 is 5.97. The molecule has 5 aromatic heterocycles. The molecule has 10 nitrogen and oxygen atoms in total. The highest BCUT2D eigenvalue weighted by Gasteiger charge is 2.14. The number of nitrogens with two attached hydrogens (primary N) is 1. The number of nitrogens with one attached hydrogen (secondary N) is 1. The van der Waals surface area contributed by atoms with Gasteiger partial charge < -0.3 is 15.8 Å². The van der Waals surface area contributed by atoms with Gasteiger partial charge in [0.05, 0.1) is 28.8 Å². The molecule has 0 fully saturated rings. The molecule has 0 radical (unpaired) electrons. The van der Waals surface area contributed by atoms with Crippen LogP contribution in [0.4, 0.5) is 17.5 Å². The van der Waals surface area contributed by atoms with E-state index < -0.39 is 0 Å². The minimum atomic E-state index is 0.171. The van der Waals surface area contributed by atoms with Gasteiger partial charge in [0.2, 0.25) is 17.7 Å². The molecule has 0 aliphatic heterocycles. The lowest BCUT2D eigenvalue weighted by Gasteiger charge is -2.12. The van der Waals surface area contributed by atoms with Crippen molar-refractivity contribution in [2.75, 3.05) is 11.1 Å². The Hall–Kier alpha value is -5.51. The van der Waals surface area contributed by atoms with Crippen molar-refractivity contribution >= 4 is 28.2 Å². The number of fused-ring (bicyclic) bond motifs is 1. The summed E-state index contributed by atoms with van der Waals surface area (Å²) in [6, 6.07) is 20.9. The van der Waals surface area contributed by atoms with Crippen LogP contribution in [0.3, 0.4) is 0 Å². The molecule has 0 saturated heterocycles. The molecule has 5 heterocycles. The predicted octanol–water partition coefficient (Wildman–Crippen LogP) is 5.37. The number of aryl methyl sites for hydroxylation is 1. The molecule has 0 unspecified atom stereocenters. The van der Waals surface area contributed by atoms with Crippen molar-refractivity contribution in [3.8, 4) is 34.4 Å². The minimum Gasteiger partial charge on any atom is -0.420 e. The number of pyridine rings is 3. The molecular formula is C28H21N9O. The maximum Gasteiger partial charge on any atom is 0.230 e. The third kappa shape index (κ3) is 4.65. The number of hydrogen-bond acceptors (Lipinski definition) is 10.